The van der Waals surface area contributed by atoms with Crippen LogP contribution in [0.15, 0.2) is 24.3 Å². The Labute approximate surface area is 126 Å². The number of para-hydroxylation sites is 1. The molecule has 0 N–H and O–H groups in total. The number of likely N-dealkylation sites (tertiary alicyclic amines) is 1. The summed E-state index contributed by atoms with van der Waals surface area (Å²) >= 11 is 0. The number of amides is 1. The van der Waals surface area contributed by atoms with Crippen molar-refractivity contribution in [1.29, 1.82) is 0 Å². The minimum absolute atomic E-state index is 0.279. The molecule has 1 atom stereocenters. The average Bonchev–Trinajstić information content (AvgIpc) is 2.73. The molecule has 2 heterocycles. The molecule has 2 aromatic rings. The van der Waals surface area contributed by atoms with Crippen LogP contribution in [0.5, 0.6) is 0 Å². The summed E-state index contributed by atoms with van der Waals surface area (Å²) in [4.78, 5) is 14.7. The van der Waals surface area contributed by atoms with Crippen molar-refractivity contribution in [2.24, 2.45) is 13.0 Å². The van der Waals surface area contributed by atoms with Gasteiger partial charge in [-0.1, -0.05) is 25.1 Å². The standard InChI is InChI=1S/C18H24N2O/c1-13-7-6-10-20(12-13)18(21)11-16-14(2)19(3)17-9-5-4-8-15(16)17/h4-5,8-9,13H,6-7,10-12H2,1-3H3. The van der Waals surface area contributed by atoms with E-state index in [1.807, 2.05) is 0 Å². The van der Waals surface area contributed by atoms with Gasteiger partial charge in [-0.25, -0.2) is 0 Å². The highest BCUT2D eigenvalue weighted by Gasteiger charge is 2.23. The lowest BCUT2D eigenvalue weighted by molar-refractivity contribution is -0.132. The number of aryl methyl sites for hydroxylation is 1. The Bertz CT molecular complexity index is 671. The van der Waals surface area contributed by atoms with Crippen molar-refractivity contribution in [3.63, 3.8) is 0 Å². The largest absolute Gasteiger partial charge is 0.348 e. The van der Waals surface area contributed by atoms with Crippen molar-refractivity contribution in [2.75, 3.05) is 13.1 Å². The molecule has 0 saturated carbocycles. The van der Waals surface area contributed by atoms with E-state index in [4.69, 9.17) is 0 Å². The van der Waals surface area contributed by atoms with Crippen LogP contribution in [0.2, 0.25) is 0 Å². The third-order valence-corrected chi connectivity index (χ3v) is 4.87. The van der Waals surface area contributed by atoms with E-state index in [2.05, 4.69) is 54.6 Å². The van der Waals surface area contributed by atoms with Gasteiger partial charge in [0, 0.05) is 36.7 Å². The predicted octanol–water partition coefficient (Wildman–Crippen LogP) is 3.29. The minimum atomic E-state index is 0.279. The van der Waals surface area contributed by atoms with Crippen LogP contribution in [0.4, 0.5) is 0 Å². The fraction of sp³-hybridized carbons (Fsp3) is 0.500. The first-order valence-electron chi connectivity index (χ1n) is 7.88. The molecule has 1 saturated heterocycles. The van der Waals surface area contributed by atoms with Crippen LogP contribution in [0, 0.1) is 12.8 Å². The van der Waals surface area contributed by atoms with Gasteiger partial charge in [0.15, 0.2) is 0 Å². The maximum atomic E-state index is 12.6. The van der Waals surface area contributed by atoms with Crippen LogP contribution in [0.1, 0.15) is 31.0 Å². The fourth-order valence-corrected chi connectivity index (χ4v) is 3.50. The summed E-state index contributed by atoms with van der Waals surface area (Å²) < 4.78 is 2.19. The highest BCUT2D eigenvalue weighted by atomic mass is 16.2. The molecule has 0 radical (unpaired) electrons. The molecular weight excluding hydrogens is 260 g/mol. The molecule has 0 aliphatic carbocycles. The summed E-state index contributed by atoms with van der Waals surface area (Å²) in [5.74, 6) is 0.914. The van der Waals surface area contributed by atoms with E-state index in [9.17, 15) is 4.79 Å². The monoisotopic (exact) mass is 284 g/mol. The Balaban J connectivity index is 1.88. The quantitative estimate of drug-likeness (QED) is 0.830. The fourth-order valence-electron chi connectivity index (χ4n) is 3.50. The second kappa shape index (κ2) is 5.55. The molecule has 0 spiro atoms. The van der Waals surface area contributed by atoms with Crippen molar-refractivity contribution in [3.05, 3.63) is 35.5 Å². The van der Waals surface area contributed by atoms with Gasteiger partial charge >= 0.3 is 0 Å². The number of benzene rings is 1. The molecule has 1 aromatic carbocycles. The first kappa shape index (κ1) is 14.2. The summed E-state index contributed by atoms with van der Waals surface area (Å²) in [5.41, 5.74) is 3.61. The number of rotatable bonds is 2. The van der Waals surface area contributed by atoms with Gasteiger partial charge in [0.1, 0.15) is 0 Å². The van der Waals surface area contributed by atoms with Crippen LogP contribution < -0.4 is 0 Å². The first-order valence-corrected chi connectivity index (χ1v) is 7.88. The highest BCUT2D eigenvalue weighted by Crippen LogP contribution is 2.26. The van der Waals surface area contributed by atoms with E-state index in [1.165, 1.54) is 28.6 Å². The van der Waals surface area contributed by atoms with E-state index in [0.29, 0.717) is 12.3 Å². The number of hydrogen-bond donors (Lipinski definition) is 0. The Morgan fingerprint density at radius 2 is 2.10 bits per heavy atom. The third kappa shape index (κ3) is 2.57. The van der Waals surface area contributed by atoms with E-state index < -0.39 is 0 Å². The SMILES string of the molecule is Cc1c(CC(=O)N2CCCC(C)C2)c2ccccc2n1C. The molecule has 1 unspecified atom stereocenters. The highest BCUT2D eigenvalue weighted by molar-refractivity contribution is 5.90. The summed E-state index contributed by atoms with van der Waals surface area (Å²) in [6.07, 6.45) is 2.92. The molecular formula is C18H24N2O. The lowest BCUT2D eigenvalue weighted by Crippen LogP contribution is -2.40. The molecule has 1 aliphatic heterocycles. The maximum Gasteiger partial charge on any atom is 0.227 e. The van der Waals surface area contributed by atoms with Gasteiger partial charge in [-0.15, -0.1) is 0 Å². The van der Waals surface area contributed by atoms with Crippen molar-refractivity contribution in [1.82, 2.24) is 9.47 Å². The maximum absolute atomic E-state index is 12.6. The summed E-state index contributed by atoms with van der Waals surface area (Å²) in [5, 5.41) is 1.22. The van der Waals surface area contributed by atoms with Gasteiger partial charge in [-0.2, -0.15) is 0 Å². The number of carbonyl (C=O) groups excluding carboxylic acids is 1. The molecule has 1 amide bonds. The van der Waals surface area contributed by atoms with Gasteiger partial charge < -0.3 is 9.47 Å². The number of fused-ring (bicyclic) bond motifs is 1. The third-order valence-electron chi connectivity index (χ3n) is 4.87. The van der Waals surface area contributed by atoms with E-state index >= 15 is 0 Å². The molecule has 3 rings (SSSR count). The van der Waals surface area contributed by atoms with Crippen LogP contribution in [0.25, 0.3) is 10.9 Å². The number of hydrogen-bond acceptors (Lipinski definition) is 1. The molecule has 3 nitrogen and oxygen atoms in total. The molecule has 1 aromatic heterocycles. The van der Waals surface area contributed by atoms with Gasteiger partial charge in [-0.3, -0.25) is 4.79 Å². The Morgan fingerprint density at radius 3 is 2.86 bits per heavy atom. The van der Waals surface area contributed by atoms with Crippen molar-refractivity contribution in [3.8, 4) is 0 Å². The van der Waals surface area contributed by atoms with E-state index in [-0.39, 0.29) is 5.91 Å². The number of carbonyl (C=O) groups is 1. The summed E-state index contributed by atoms with van der Waals surface area (Å²) in [6.45, 7) is 6.19. The van der Waals surface area contributed by atoms with E-state index in [1.54, 1.807) is 0 Å². The molecule has 21 heavy (non-hydrogen) atoms. The average molecular weight is 284 g/mol. The molecule has 112 valence electrons. The zero-order valence-electron chi connectivity index (χ0n) is 13.2. The lowest BCUT2D eigenvalue weighted by Gasteiger charge is -2.31. The minimum Gasteiger partial charge on any atom is -0.348 e. The topological polar surface area (TPSA) is 25.2 Å². The van der Waals surface area contributed by atoms with Crippen molar-refractivity contribution < 1.29 is 4.79 Å². The number of piperidine rings is 1. The second-order valence-electron chi connectivity index (χ2n) is 6.40. The van der Waals surface area contributed by atoms with Gasteiger partial charge in [0.05, 0.1) is 6.42 Å². The molecule has 0 bridgehead atoms. The van der Waals surface area contributed by atoms with Crippen LogP contribution >= 0.6 is 0 Å². The Morgan fingerprint density at radius 1 is 1.33 bits per heavy atom. The lowest BCUT2D eigenvalue weighted by atomic mass is 9.99. The van der Waals surface area contributed by atoms with Crippen LogP contribution in [-0.2, 0) is 18.3 Å². The smallest absolute Gasteiger partial charge is 0.227 e. The zero-order valence-corrected chi connectivity index (χ0v) is 13.2. The normalized spacial score (nSPS) is 19.2. The van der Waals surface area contributed by atoms with Crippen molar-refractivity contribution >= 4 is 16.8 Å². The second-order valence-corrected chi connectivity index (χ2v) is 6.40. The zero-order chi connectivity index (χ0) is 15.0. The van der Waals surface area contributed by atoms with E-state index in [0.717, 1.165) is 19.5 Å². The first-order chi connectivity index (χ1) is 10.1. The Kier molecular flexibility index (Phi) is 3.75. The van der Waals surface area contributed by atoms with Crippen LogP contribution in [-0.4, -0.2) is 28.5 Å². The van der Waals surface area contributed by atoms with Gasteiger partial charge in [0.25, 0.3) is 0 Å². The molecule has 3 heteroatoms. The molecule has 1 aliphatic rings. The van der Waals surface area contributed by atoms with Crippen LogP contribution in [0.3, 0.4) is 0 Å². The summed E-state index contributed by atoms with van der Waals surface area (Å²) in [7, 11) is 2.08. The molecule has 1 fully saturated rings. The Hall–Kier alpha value is -1.77. The van der Waals surface area contributed by atoms with Crippen molar-refractivity contribution in [2.45, 2.75) is 33.1 Å². The van der Waals surface area contributed by atoms with Gasteiger partial charge in [-0.05, 0) is 37.3 Å². The number of aromatic nitrogens is 1. The summed E-state index contributed by atoms with van der Waals surface area (Å²) in [6, 6.07) is 8.36. The van der Waals surface area contributed by atoms with Gasteiger partial charge in [0.2, 0.25) is 5.91 Å². The predicted molar refractivity (Wildman–Crippen MR) is 86.3 cm³/mol. The number of nitrogens with zero attached hydrogens (tertiary/aromatic N) is 2.